The van der Waals surface area contributed by atoms with E-state index in [2.05, 4.69) is 6.92 Å². The molecule has 0 radical (unpaired) electrons. The second-order valence-electron chi connectivity index (χ2n) is 9.97. The number of ether oxygens (including phenoxy) is 1. The van der Waals surface area contributed by atoms with E-state index in [1.807, 2.05) is 6.92 Å². The Hall–Kier alpha value is -0.860. The standard InChI is InChI=1S/C25H42O3/c1-3-5-18-6-8-19(9-7-18)20-10-12-21(13-11-20)22-14-15-23(24(26)17-22)25(27)28-16-4-2/h18-23H,3-17H2,1-2H3/t18-,19-,20?,21?,22?,23?. The molecular formula is C25H42O3. The monoisotopic (exact) mass is 390 g/mol. The predicted molar refractivity (Wildman–Crippen MR) is 113 cm³/mol. The van der Waals surface area contributed by atoms with Gasteiger partial charge in [-0.25, -0.2) is 0 Å². The first-order valence-electron chi connectivity index (χ1n) is 12.3. The number of hydrogen-bond donors (Lipinski definition) is 0. The van der Waals surface area contributed by atoms with E-state index in [-0.39, 0.29) is 11.8 Å². The summed E-state index contributed by atoms with van der Waals surface area (Å²) in [6, 6.07) is 0. The number of carbonyl (C=O) groups excluding carboxylic acids is 2. The van der Waals surface area contributed by atoms with Gasteiger partial charge in [-0.3, -0.25) is 9.59 Å². The van der Waals surface area contributed by atoms with Gasteiger partial charge in [0.25, 0.3) is 0 Å². The van der Waals surface area contributed by atoms with Crippen molar-refractivity contribution in [3.63, 3.8) is 0 Å². The third-order valence-electron chi connectivity index (χ3n) is 8.15. The van der Waals surface area contributed by atoms with Crippen molar-refractivity contribution in [3.8, 4) is 0 Å². The van der Waals surface area contributed by atoms with Crippen LogP contribution < -0.4 is 0 Å². The van der Waals surface area contributed by atoms with Crippen molar-refractivity contribution in [2.45, 2.75) is 104 Å². The highest BCUT2D eigenvalue weighted by molar-refractivity contribution is 5.99. The van der Waals surface area contributed by atoms with Gasteiger partial charge in [0, 0.05) is 6.42 Å². The zero-order valence-electron chi connectivity index (χ0n) is 18.3. The lowest BCUT2D eigenvalue weighted by atomic mass is 9.64. The molecule has 0 spiro atoms. The van der Waals surface area contributed by atoms with Crippen LogP contribution in [0.1, 0.15) is 104 Å². The Morgan fingerprint density at radius 1 is 0.786 bits per heavy atom. The summed E-state index contributed by atoms with van der Waals surface area (Å²) < 4.78 is 5.23. The number of carbonyl (C=O) groups is 2. The molecule has 2 atom stereocenters. The van der Waals surface area contributed by atoms with Crippen molar-refractivity contribution >= 4 is 11.8 Å². The lowest BCUT2D eigenvalue weighted by Crippen LogP contribution is -2.36. The third kappa shape index (κ3) is 5.60. The average Bonchev–Trinajstić information content (AvgIpc) is 2.73. The van der Waals surface area contributed by atoms with Gasteiger partial charge in [0.1, 0.15) is 11.7 Å². The molecule has 0 amide bonds. The fourth-order valence-corrected chi connectivity index (χ4v) is 6.44. The molecule has 3 rings (SSSR count). The Morgan fingerprint density at radius 3 is 1.86 bits per heavy atom. The van der Waals surface area contributed by atoms with E-state index in [1.165, 1.54) is 64.2 Å². The lowest BCUT2D eigenvalue weighted by molar-refractivity contribution is -0.154. The first kappa shape index (κ1) is 21.8. The van der Waals surface area contributed by atoms with Gasteiger partial charge in [-0.2, -0.15) is 0 Å². The Labute approximate surface area is 172 Å². The van der Waals surface area contributed by atoms with Gasteiger partial charge < -0.3 is 4.74 Å². The normalized spacial score (nSPS) is 36.9. The van der Waals surface area contributed by atoms with E-state index in [9.17, 15) is 9.59 Å². The predicted octanol–water partition coefficient (Wildman–Crippen LogP) is 6.34. The van der Waals surface area contributed by atoms with Crippen LogP contribution in [0.15, 0.2) is 0 Å². The van der Waals surface area contributed by atoms with E-state index in [0.29, 0.717) is 31.3 Å². The molecule has 2 unspecified atom stereocenters. The van der Waals surface area contributed by atoms with E-state index < -0.39 is 5.92 Å². The quantitative estimate of drug-likeness (QED) is 0.376. The van der Waals surface area contributed by atoms with Gasteiger partial charge in [-0.05, 0) is 87.4 Å². The molecule has 0 N–H and O–H groups in total. The summed E-state index contributed by atoms with van der Waals surface area (Å²) >= 11 is 0. The zero-order chi connectivity index (χ0) is 19.9. The summed E-state index contributed by atoms with van der Waals surface area (Å²) in [6.07, 6.45) is 17.2. The van der Waals surface area contributed by atoms with Crippen molar-refractivity contribution in [1.82, 2.24) is 0 Å². The highest BCUT2D eigenvalue weighted by atomic mass is 16.5. The van der Waals surface area contributed by atoms with Gasteiger partial charge in [0.15, 0.2) is 0 Å². The van der Waals surface area contributed by atoms with E-state index >= 15 is 0 Å². The summed E-state index contributed by atoms with van der Waals surface area (Å²) in [5.41, 5.74) is 0. The Bertz CT molecular complexity index is 498. The summed E-state index contributed by atoms with van der Waals surface area (Å²) in [7, 11) is 0. The van der Waals surface area contributed by atoms with Crippen LogP contribution >= 0.6 is 0 Å². The summed E-state index contributed by atoms with van der Waals surface area (Å²) in [4.78, 5) is 24.6. The minimum absolute atomic E-state index is 0.147. The molecule has 0 saturated heterocycles. The molecule has 160 valence electrons. The highest BCUT2D eigenvalue weighted by Crippen LogP contribution is 2.45. The largest absolute Gasteiger partial charge is 0.465 e. The SMILES string of the molecule is CCCOC(=O)C1CCC(C2CCC([C@H]3CC[C@H](CCC)CC3)CC2)CC1=O. The second-order valence-corrected chi connectivity index (χ2v) is 9.97. The molecule has 0 aliphatic heterocycles. The van der Waals surface area contributed by atoms with Gasteiger partial charge in [-0.15, -0.1) is 0 Å². The van der Waals surface area contributed by atoms with Crippen molar-refractivity contribution in [2.75, 3.05) is 6.61 Å². The molecule has 3 heteroatoms. The number of esters is 1. The van der Waals surface area contributed by atoms with Gasteiger partial charge in [-0.1, -0.05) is 39.5 Å². The van der Waals surface area contributed by atoms with E-state index in [0.717, 1.165) is 30.6 Å². The van der Waals surface area contributed by atoms with Gasteiger partial charge in [0.2, 0.25) is 0 Å². The Kier molecular flexibility index (Phi) is 8.41. The van der Waals surface area contributed by atoms with Crippen LogP contribution in [0.2, 0.25) is 0 Å². The van der Waals surface area contributed by atoms with E-state index in [1.54, 1.807) is 0 Å². The Balaban J connectivity index is 1.40. The van der Waals surface area contributed by atoms with Crippen molar-refractivity contribution < 1.29 is 14.3 Å². The minimum Gasteiger partial charge on any atom is -0.465 e. The topological polar surface area (TPSA) is 43.4 Å². The number of Topliss-reactive ketones (excluding diaryl/α,β-unsaturated/α-hetero) is 1. The van der Waals surface area contributed by atoms with Crippen molar-refractivity contribution in [2.24, 2.45) is 35.5 Å². The van der Waals surface area contributed by atoms with Gasteiger partial charge in [0.05, 0.1) is 6.61 Å². The maximum Gasteiger partial charge on any atom is 0.316 e. The van der Waals surface area contributed by atoms with Crippen LogP contribution in [0.25, 0.3) is 0 Å². The molecule has 3 fully saturated rings. The summed E-state index contributed by atoms with van der Waals surface area (Å²) in [6.45, 7) is 4.75. The van der Waals surface area contributed by atoms with Crippen LogP contribution in [0.5, 0.6) is 0 Å². The molecule has 0 aromatic carbocycles. The van der Waals surface area contributed by atoms with Crippen LogP contribution in [0.4, 0.5) is 0 Å². The molecule has 0 aromatic heterocycles. The fraction of sp³-hybridized carbons (Fsp3) is 0.920. The first-order chi connectivity index (χ1) is 13.6. The summed E-state index contributed by atoms with van der Waals surface area (Å²) in [5, 5.41) is 0. The maximum absolute atomic E-state index is 12.5. The maximum atomic E-state index is 12.5. The average molecular weight is 391 g/mol. The number of rotatable bonds is 7. The molecule has 0 heterocycles. The molecule has 3 aliphatic rings. The van der Waals surface area contributed by atoms with Crippen LogP contribution in [0, 0.1) is 35.5 Å². The number of ketones is 1. The zero-order valence-corrected chi connectivity index (χ0v) is 18.3. The van der Waals surface area contributed by atoms with Crippen LogP contribution in [-0.4, -0.2) is 18.4 Å². The first-order valence-corrected chi connectivity index (χ1v) is 12.3. The Morgan fingerprint density at radius 2 is 1.32 bits per heavy atom. The lowest BCUT2D eigenvalue weighted by Gasteiger charge is -2.41. The molecular weight excluding hydrogens is 348 g/mol. The number of hydrogen-bond acceptors (Lipinski definition) is 3. The highest BCUT2D eigenvalue weighted by Gasteiger charge is 2.39. The molecule has 3 nitrogen and oxygen atoms in total. The fourth-order valence-electron chi connectivity index (χ4n) is 6.44. The van der Waals surface area contributed by atoms with E-state index in [4.69, 9.17) is 4.74 Å². The minimum atomic E-state index is -0.475. The molecule has 3 saturated carbocycles. The van der Waals surface area contributed by atoms with Crippen LogP contribution in [0.3, 0.4) is 0 Å². The second kappa shape index (κ2) is 10.8. The molecule has 28 heavy (non-hydrogen) atoms. The van der Waals surface area contributed by atoms with Crippen molar-refractivity contribution in [3.05, 3.63) is 0 Å². The third-order valence-corrected chi connectivity index (χ3v) is 8.15. The smallest absolute Gasteiger partial charge is 0.316 e. The summed E-state index contributed by atoms with van der Waals surface area (Å²) in [5.74, 6) is 3.55. The van der Waals surface area contributed by atoms with Crippen LogP contribution in [-0.2, 0) is 14.3 Å². The van der Waals surface area contributed by atoms with Gasteiger partial charge >= 0.3 is 5.97 Å². The molecule has 0 bridgehead atoms. The van der Waals surface area contributed by atoms with Crippen molar-refractivity contribution in [1.29, 1.82) is 0 Å². The molecule has 3 aliphatic carbocycles. The molecule has 0 aromatic rings.